The van der Waals surface area contributed by atoms with Crippen molar-refractivity contribution in [2.24, 2.45) is 0 Å². The van der Waals surface area contributed by atoms with Crippen LogP contribution < -0.4 is 0 Å². The third kappa shape index (κ3) is 1.00. The molecule has 5 heteroatoms. The molecule has 2 N–H and O–H groups in total. The zero-order valence-electron chi connectivity index (χ0n) is 5.51. The Balaban J connectivity index is 2.78. The van der Waals surface area contributed by atoms with E-state index in [0.29, 0.717) is 0 Å². The molecule has 3 nitrogen and oxygen atoms in total. The number of β-amino-alcohol motifs (C(OH)–C–C–N with tert-alkyl or cyclic N) is 2. The van der Waals surface area contributed by atoms with Gasteiger partial charge in [0.1, 0.15) is 0 Å². The Bertz CT molecular complexity index is 133. The van der Waals surface area contributed by atoms with E-state index in [0.717, 1.165) is 0 Å². The largest absolute Gasteiger partial charge is 0.360 e. The van der Waals surface area contributed by atoms with Gasteiger partial charge in [-0.25, -0.2) is 0 Å². The molecule has 1 aliphatic heterocycles. The van der Waals surface area contributed by atoms with Crippen molar-refractivity contribution in [3.63, 3.8) is 0 Å². The lowest BCUT2D eigenvalue weighted by molar-refractivity contribution is -0.265. The Labute approximate surface area is 56.9 Å². The second-order valence-corrected chi connectivity index (χ2v) is 2.69. The summed E-state index contributed by atoms with van der Waals surface area (Å²) in [6, 6.07) is 0. The fourth-order valence-corrected chi connectivity index (χ4v) is 1.01. The van der Waals surface area contributed by atoms with Crippen LogP contribution >= 0.6 is 0 Å². The SMILES string of the molecule is CN1CC(O)(O)C(F)(F)C1. The van der Waals surface area contributed by atoms with Gasteiger partial charge in [0.15, 0.2) is 0 Å². The number of aliphatic hydroxyl groups is 2. The molecule has 0 saturated carbocycles. The number of likely N-dealkylation sites (tertiary alicyclic amines) is 1. The number of alkyl halides is 2. The van der Waals surface area contributed by atoms with Crippen molar-refractivity contribution in [2.45, 2.75) is 11.7 Å². The van der Waals surface area contributed by atoms with Crippen molar-refractivity contribution in [3.05, 3.63) is 0 Å². The van der Waals surface area contributed by atoms with E-state index in [1.807, 2.05) is 0 Å². The van der Waals surface area contributed by atoms with Gasteiger partial charge < -0.3 is 10.2 Å². The summed E-state index contributed by atoms with van der Waals surface area (Å²) in [5, 5.41) is 17.3. The van der Waals surface area contributed by atoms with Crippen LogP contribution in [0.1, 0.15) is 0 Å². The minimum atomic E-state index is -3.40. The average molecular weight is 153 g/mol. The number of nitrogens with zero attached hydrogens (tertiary/aromatic N) is 1. The van der Waals surface area contributed by atoms with Crippen molar-refractivity contribution >= 4 is 0 Å². The van der Waals surface area contributed by atoms with Crippen LogP contribution in [0, 0.1) is 0 Å². The van der Waals surface area contributed by atoms with E-state index >= 15 is 0 Å². The van der Waals surface area contributed by atoms with Crippen LogP contribution in [0.3, 0.4) is 0 Å². The van der Waals surface area contributed by atoms with Gasteiger partial charge in [-0.1, -0.05) is 0 Å². The second-order valence-electron chi connectivity index (χ2n) is 2.69. The molecule has 60 valence electrons. The number of hydrogen-bond donors (Lipinski definition) is 2. The van der Waals surface area contributed by atoms with Crippen LogP contribution in [0.5, 0.6) is 0 Å². The Morgan fingerprint density at radius 3 is 1.90 bits per heavy atom. The molecule has 0 spiro atoms. The van der Waals surface area contributed by atoms with Gasteiger partial charge in [0, 0.05) is 0 Å². The molecule has 0 aliphatic carbocycles. The third-order valence-electron chi connectivity index (χ3n) is 1.54. The van der Waals surface area contributed by atoms with E-state index < -0.39 is 24.8 Å². The summed E-state index contributed by atoms with van der Waals surface area (Å²) in [5.74, 6) is -6.25. The lowest BCUT2D eigenvalue weighted by Gasteiger charge is -2.21. The molecule has 1 fully saturated rings. The van der Waals surface area contributed by atoms with Gasteiger partial charge in [-0.15, -0.1) is 0 Å². The number of hydrogen-bond acceptors (Lipinski definition) is 3. The molecule has 1 heterocycles. The van der Waals surface area contributed by atoms with Gasteiger partial charge in [-0.3, -0.25) is 4.90 Å². The molecule has 10 heavy (non-hydrogen) atoms. The fraction of sp³-hybridized carbons (Fsp3) is 1.00. The highest BCUT2D eigenvalue weighted by atomic mass is 19.3. The zero-order valence-corrected chi connectivity index (χ0v) is 5.51. The number of likely N-dealkylation sites (N-methyl/N-ethyl adjacent to an activating group) is 1. The minimum absolute atomic E-state index is 0.403. The molecule has 0 amide bonds. The quantitative estimate of drug-likeness (QED) is 0.450. The molecule has 0 aromatic heterocycles. The molecule has 0 bridgehead atoms. The lowest BCUT2D eigenvalue weighted by atomic mass is 10.2. The summed E-state index contributed by atoms with van der Waals surface area (Å²) in [5.41, 5.74) is 0. The van der Waals surface area contributed by atoms with Crippen molar-refractivity contribution in [1.29, 1.82) is 0 Å². The summed E-state index contributed by atoms with van der Waals surface area (Å²) in [7, 11) is 1.40. The van der Waals surface area contributed by atoms with E-state index in [2.05, 4.69) is 0 Å². The summed E-state index contributed by atoms with van der Waals surface area (Å²) >= 11 is 0. The molecule has 1 aliphatic rings. The maximum atomic E-state index is 12.4. The first-order chi connectivity index (χ1) is 4.35. The third-order valence-corrected chi connectivity index (χ3v) is 1.54. The predicted octanol–water partition coefficient (Wildman–Crippen LogP) is -0.752. The maximum Gasteiger partial charge on any atom is 0.314 e. The monoisotopic (exact) mass is 153 g/mol. The summed E-state index contributed by atoms with van der Waals surface area (Å²) in [4.78, 5) is 1.17. The van der Waals surface area contributed by atoms with Crippen molar-refractivity contribution in [1.82, 2.24) is 4.90 Å². The molecular weight excluding hydrogens is 144 g/mol. The van der Waals surface area contributed by atoms with Crippen LogP contribution in [0.15, 0.2) is 0 Å². The minimum Gasteiger partial charge on any atom is -0.360 e. The second kappa shape index (κ2) is 1.87. The van der Waals surface area contributed by atoms with Gasteiger partial charge in [0.25, 0.3) is 0 Å². The molecule has 0 radical (unpaired) electrons. The Kier molecular flexibility index (Phi) is 1.47. The topological polar surface area (TPSA) is 43.7 Å². The van der Waals surface area contributed by atoms with Gasteiger partial charge in [0.2, 0.25) is 5.79 Å². The summed E-state index contributed by atoms with van der Waals surface area (Å²) < 4.78 is 24.9. The van der Waals surface area contributed by atoms with Crippen LogP contribution in [-0.4, -0.2) is 47.0 Å². The van der Waals surface area contributed by atoms with Gasteiger partial charge >= 0.3 is 5.92 Å². The lowest BCUT2D eigenvalue weighted by Crippen LogP contribution is -2.46. The van der Waals surface area contributed by atoms with E-state index in [9.17, 15) is 8.78 Å². The Morgan fingerprint density at radius 2 is 1.80 bits per heavy atom. The predicted molar refractivity (Wildman–Crippen MR) is 29.6 cm³/mol. The molecule has 0 unspecified atom stereocenters. The smallest absolute Gasteiger partial charge is 0.314 e. The van der Waals surface area contributed by atoms with Crippen molar-refractivity contribution in [2.75, 3.05) is 20.1 Å². The zero-order chi connectivity index (χ0) is 7.99. The van der Waals surface area contributed by atoms with Gasteiger partial charge in [-0.05, 0) is 7.05 Å². The van der Waals surface area contributed by atoms with Crippen molar-refractivity contribution in [3.8, 4) is 0 Å². The van der Waals surface area contributed by atoms with Crippen LogP contribution in [0.4, 0.5) is 8.78 Å². The van der Waals surface area contributed by atoms with Crippen molar-refractivity contribution < 1.29 is 19.0 Å². The average Bonchev–Trinajstić information content (AvgIpc) is 1.73. The van der Waals surface area contributed by atoms with E-state index in [4.69, 9.17) is 10.2 Å². The molecule has 0 aromatic carbocycles. The van der Waals surface area contributed by atoms with Gasteiger partial charge in [-0.2, -0.15) is 8.78 Å². The molecule has 0 aromatic rings. The highest BCUT2D eigenvalue weighted by Crippen LogP contribution is 2.33. The van der Waals surface area contributed by atoms with Crippen LogP contribution in [0.2, 0.25) is 0 Å². The van der Waals surface area contributed by atoms with Crippen LogP contribution in [-0.2, 0) is 0 Å². The molecule has 0 atom stereocenters. The van der Waals surface area contributed by atoms with Crippen LogP contribution in [0.25, 0.3) is 0 Å². The van der Waals surface area contributed by atoms with Gasteiger partial charge in [0.05, 0.1) is 13.1 Å². The van der Waals surface area contributed by atoms with E-state index in [-0.39, 0.29) is 0 Å². The Morgan fingerprint density at radius 1 is 1.30 bits per heavy atom. The first-order valence-electron chi connectivity index (χ1n) is 2.86. The number of halogens is 2. The van der Waals surface area contributed by atoms with E-state index in [1.165, 1.54) is 11.9 Å². The maximum absolute atomic E-state index is 12.4. The molecule has 1 rings (SSSR count). The highest BCUT2D eigenvalue weighted by molar-refractivity contribution is 4.94. The fourth-order valence-electron chi connectivity index (χ4n) is 1.01. The standard InChI is InChI=1S/C5H9F2NO2/c1-8-2-4(6,7)5(9,10)3-8/h9-10H,2-3H2,1H3. The molecule has 1 saturated heterocycles. The first-order valence-corrected chi connectivity index (χ1v) is 2.86. The van der Waals surface area contributed by atoms with E-state index in [1.54, 1.807) is 0 Å². The molecular formula is C5H9F2NO2. The number of rotatable bonds is 0. The first kappa shape index (κ1) is 7.84. The summed E-state index contributed by atoms with van der Waals surface area (Å²) in [6.45, 7) is -1.00. The Hall–Kier alpha value is -0.260. The highest BCUT2D eigenvalue weighted by Gasteiger charge is 2.57. The normalized spacial score (nSPS) is 30.9. The summed E-state index contributed by atoms with van der Waals surface area (Å²) in [6.07, 6.45) is 0.